The highest BCUT2D eigenvalue weighted by Crippen LogP contribution is 2.42. The van der Waals surface area contributed by atoms with Gasteiger partial charge in [-0.05, 0) is 34.4 Å². The molecule has 6 heteroatoms. The molecule has 0 radical (unpaired) electrons. The summed E-state index contributed by atoms with van der Waals surface area (Å²) in [5, 5.41) is 24.0. The number of hydrogen-bond donors (Lipinski definition) is 4. The molecule has 6 nitrogen and oxygen atoms in total. The second-order valence-corrected chi connectivity index (χ2v) is 6.27. The number of rotatable bonds is 2. The number of carbonyl (C=O) groups is 2. The number of phenols is 2. The van der Waals surface area contributed by atoms with Crippen LogP contribution in [0.2, 0.25) is 0 Å². The van der Waals surface area contributed by atoms with Crippen molar-refractivity contribution in [1.82, 2.24) is 10.6 Å². The third-order valence-corrected chi connectivity index (χ3v) is 4.50. The van der Waals surface area contributed by atoms with Crippen molar-refractivity contribution in [3.63, 3.8) is 0 Å². The van der Waals surface area contributed by atoms with Crippen molar-refractivity contribution in [2.75, 3.05) is 0 Å². The Morgan fingerprint density at radius 1 is 0.778 bits per heavy atom. The Bertz CT molecular complexity index is 996. The molecule has 0 spiro atoms. The molecular formula is C21H16N2O4. The molecule has 0 aromatic heterocycles. The van der Waals surface area contributed by atoms with E-state index in [-0.39, 0.29) is 23.1 Å². The quantitative estimate of drug-likeness (QED) is 0.563. The van der Waals surface area contributed by atoms with Gasteiger partial charge in [-0.15, -0.1) is 0 Å². The van der Waals surface area contributed by atoms with Crippen LogP contribution >= 0.6 is 0 Å². The number of urea groups is 1. The Labute approximate surface area is 155 Å². The summed E-state index contributed by atoms with van der Waals surface area (Å²) in [7, 11) is 0. The summed E-state index contributed by atoms with van der Waals surface area (Å²) in [5.41, 5.74) is 3.98. The summed E-state index contributed by atoms with van der Waals surface area (Å²) in [5.74, 6) is -1.25. The van der Waals surface area contributed by atoms with Gasteiger partial charge < -0.3 is 15.5 Å². The topological polar surface area (TPSA) is 98.7 Å². The molecule has 0 fully saturated rings. The number of nitrogens with one attached hydrogen (secondary N) is 2. The summed E-state index contributed by atoms with van der Waals surface area (Å²) >= 11 is 0. The lowest BCUT2D eigenvalue weighted by atomic mass is 10.1. The fraction of sp³-hybridized carbons (Fsp3) is 0.0476. The van der Waals surface area contributed by atoms with Crippen molar-refractivity contribution in [3.05, 3.63) is 83.4 Å². The minimum absolute atomic E-state index is 0.0186. The Kier molecular flexibility index (Phi) is 4.01. The van der Waals surface area contributed by atoms with Crippen molar-refractivity contribution >= 4 is 11.9 Å². The fourth-order valence-corrected chi connectivity index (χ4v) is 3.38. The van der Waals surface area contributed by atoms with Crippen LogP contribution in [0.1, 0.15) is 27.5 Å². The van der Waals surface area contributed by atoms with Crippen molar-refractivity contribution in [2.45, 2.75) is 6.04 Å². The van der Waals surface area contributed by atoms with Crippen LogP contribution in [0.5, 0.6) is 11.5 Å². The molecule has 4 rings (SSSR count). The molecule has 0 unspecified atom stereocenters. The maximum Gasteiger partial charge on any atom is 0.322 e. The molecule has 3 aromatic rings. The van der Waals surface area contributed by atoms with Gasteiger partial charge >= 0.3 is 6.03 Å². The van der Waals surface area contributed by atoms with Gasteiger partial charge in [-0.25, -0.2) is 4.79 Å². The number of amides is 3. The lowest BCUT2D eigenvalue weighted by molar-refractivity contribution is 0.0962. The third kappa shape index (κ3) is 3.08. The molecule has 0 saturated heterocycles. The van der Waals surface area contributed by atoms with E-state index in [1.54, 1.807) is 0 Å². The standard InChI is InChI=1S/C21H16N2O4/c24-13-9-12(10-14(25)11-13)20(26)23-21(27)22-19-17-7-3-1-5-15(17)16-6-2-4-8-18(16)19/h1-11,19,24-25H,(H2,22,23,26,27). The zero-order chi connectivity index (χ0) is 19.0. The maximum absolute atomic E-state index is 12.4. The zero-order valence-corrected chi connectivity index (χ0v) is 14.1. The number of aromatic hydroxyl groups is 2. The summed E-state index contributed by atoms with van der Waals surface area (Å²) in [6.45, 7) is 0. The second-order valence-electron chi connectivity index (χ2n) is 6.27. The van der Waals surface area contributed by atoms with Gasteiger partial charge in [-0.3, -0.25) is 10.1 Å². The Morgan fingerprint density at radius 2 is 1.30 bits per heavy atom. The molecule has 3 amide bonds. The van der Waals surface area contributed by atoms with Gasteiger partial charge in [0.15, 0.2) is 0 Å². The van der Waals surface area contributed by atoms with Crippen molar-refractivity contribution in [1.29, 1.82) is 0 Å². The van der Waals surface area contributed by atoms with E-state index in [9.17, 15) is 19.8 Å². The van der Waals surface area contributed by atoms with E-state index in [0.29, 0.717) is 0 Å². The minimum Gasteiger partial charge on any atom is -0.508 e. The predicted molar refractivity (Wildman–Crippen MR) is 99.5 cm³/mol. The van der Waals surface area contributed by atoms with Crippen LogP contribution in [0.15, 0.2) is 66.7 Å². The van der Waals surface area contributed by atoms with Gasteiger partial charge in [0.1, 0.15) is 11.5 Å². The van der Waals surface area contributed by atoms with Crippen molar-refractivity contribution in [2.24, 2.45) is 0 Å². The smallest absolute Gasteiger partial charge is 0.322 e. The number of fused-ring (bicyclic) bond motifs is 3. The van der Waals surface area contributed by atoms with Crippen molar-refractivity contribution < 1.29 is 19.8 Å². The number of hydrogen-bond acceptors (Lipinski definition) is 4. The van der Waals surface area contributed by atoms with Gasteiger partial charge in [0.25, 0.3) is 5.91 Å². The summed E-state index contributed by atoms with van der Waals surface area (Å²) in [6, 6.07) is 18.0. The van der Waals surface area contributed by atoms with Gasteiger partial charge in [0.05, 0.1) is 6.04 Å². The van der Waals surface area contributed by atoms with Gasteiger partial charge in [0, 0.05) is 11.6 Å². The van der Waals surface area contributed by atoms with Crippen LogP contribution in [0.4, 0.5) is 4.79 Å². The first-order chi connectivity index (χ1) is 13.0. The highest BCUT2D eigenvalue weighted by Gasteiger charge is 2.29. The minimum atomic E-state index is -0.724. The molecule has 134 valence electrons. The number of benzene rings is 3. The summed E-state index contributed by atoms with van der Waals surface area (Å²) in [6.07, 6.45) is 0. The average molecular weight is 360 g/mol. The first kappa shape index (κ1) is 16.7. The molecule has 0 atom stereocenters. The van der Waals surface area contributed by atoms with Gasteiger partial charge in [-0.1, -0.05) is 48.5 Å². The number of carbonyl (C=O) groups excluding carboxylic acids is 2. The highest BCUT2D eigenvalue weighted by atomic mass is 16.3. The third-order valence-electron chi connectivity index (χ3n) is 4.50. The Morgan fingerprint density at radius 3 is 1.85 bits per heavy atom. The lowest BCUT2D eigenvalue weighted by Crippen LogP contribution is -2.41. The van der Waals surface area contributed by atoms with Crippen LogP contribution in [-0.2, 0) is 0 Å². The van der Waals surface area contributed by atoms with E-state index in [2.05, 4.69) is 10.6 Å². The van der Waals surface area contributed by atoms with E-state index in [1.165, 1.54) is 12.1 Å². The highest BCUT2D eigenvalue weighted by molar-refractivity contribution is 6.05. The molecule has 0 aliphatic heterocycles. The zero-order valence-electron chi connectivity index (χ0n) is 14.1. The normalized spacial score (nSPS) is 12.1. The van der Waals surface area contributed by atoms with E-state index in [4.69, 9.17) is 0 Å². The maximum atomic E-state index is 12.4. The molecule has 0 bridgehead atoms. The molecular weight excluding hydrogens is 344 g/mol. The molecule has 1 aliphatic rings. The van der Waals surface area contributed by atoms with E-state index < -0.39 is 11.9 Å². The first-order valence-electron chi connectivity index (χ1n) is 8.36. The monoisotopic (exact) mass is 360 g/mol. The average Bonchev–Trinajstić information content (AvgIpc) is 2.95. The largest absolute Gasteiger partial charge is 0.508 e. The van der Waals surface area contributed by atoms with E-state index in [1.807, 2.05) is 48.5 Å². The van der Waals surface area contributed by atoms with Crippen molar-refractivity contribution in [3.8, 4) is 22.6 Å². The number of phenolic OH excluding ortho intramolecular Hbond substituents is 2. The second kappa shape index (κ2) is 6.49. The molecule has 4 N–H and O–H groups in total. The van der Waals surface area contributed by atoms with Gasteiger partial charge in [-0.2, -0.15) is 0 Å². The fourth-order valence-electron chi connectivity index (χ4n) is 3.38. The van der Waals surface area contributed by atoms with E-state index >= 15 is 0 Å². The Balaban J connectivity index is 1.56. The predicted octanol–water partition coefficient (Wildman–Crippen LogP) is 3.31. The van der Waals surface area contributed by atoms with Crippen LogP contribution in [-0.4, -0.2) is 22.2 Å². The van der Waals surface area contributed by atoms with Crippen LogP contribution in [0.25, 0.3) is 11.1 Å². The molecule has 0 heterocycles. The van der Waals surface area contributed by atoms with Crippen LogP contribution in [0, 0.1) is 0 Å². The lowest BCUT2D eigenvalue weighted by Gasteiger charge is -2.16. The molecule has 3 aromatic carbocycles. The van der Waals surface area contributed by atoms with E-state index in [0.717, 1.165) is 28.3 Å². The van der Waals surface area contributed by atoms with Crippen LogP contribution in [0.3, 0.4) is 0 Å². The first-order valence-corrected chi connectivity index (χ1v) is 8.36. The van der Waals surface area contributed by atoms with Crippen LogP contribution < -0.4 is 10.6 Å². The summed E-state index contributed by atoms with van der Waals surface area (Å²) < 4.78 is 0. The Hall–Kier alpha value is -3.80. The SMILES string of the molecule is O=C(NC(=O)c1cc(O)cc(O)c1)NC1c2ccccc2-c2ccccc21. The molecule has 0 saturated carbocycles. The number of imide groups is 1. The molecule has 1 aliphatic carbocycles. The summed E-state index contributed by atoms with van der Waals surface area (Å²) in [4.78, 5) is 24.6. The molecule has 27 heavy (non-hydrogen) atoms. The van der Waals surface area contributed by atoms with Gasteiger partial charge in [0.2, 0.25) is 0 Å².